The highest BCUT2D eigenvalue weighted by Gasteiger charge is 1.87. The van der Waals surface area contributed by atoms with Gasteiger partial charge in [0.15, 0.2) is 0 Å². The van der Waals surface area contributed by atoms with E-state index in [0.717, 1.165) is 12.8 Å². The Balaban J connectivity index is -0.0000000821. The van der Waals surface area contributed by atoms with Crippen LogP contribution in [0.1, 0.15) is 66.7 Å². The molecule has 0 atom stereocenters. The van der Waals surface area contributed by atoms with E-state index in [0.29, 0.717) is 31.7 Å². The van der Waals surface area contributed by atoms with Crippen molar-refractivity contribution in [3.8, 4) is 6.07 Å². The maximum absolute atomic E-state index is 10.2. The number of carboxylic acids is 1. The predicted octanol–water partition coefficient (Wildman–Crippen LogP) is 3.17. The maximum Gasteiger partial charge on any atom is 0.303 e. The molecule has 0 spiro atoms. The minimum absolute atomic E-state index is 0.292. The van der Waals surface area contributed by atoms with E-state index in [1.54, 1.807) is 6.07 Å². The highest BCUT2D eigenvalue weighted by atomic mass is 16.4. The van der Waals surface area contributed by atoms with E-state index in [1.807, 2.05) is 27.7 Å². The lowest BCUT2D eigenvalue weighted by atomic mass is 10.3. The van der Waals surface area contributed by atoms with Crippen LogP contribution in [0, 0.1) is 11.3 Å². The van der Waals surface area contributed by atoms with Gasteiger partial charge in [0.2, 0.25) is 0 Å². The molecule has 0 aliphatic rings. The molecule has 19 heavy (non-hydrogen) atoms. The van der Waals surface area contributed by atoms with Crippen LogP contribution in [0.4, 0.5) is 0 Å². The largest absolute Gasteiger partial charge is 0.481 e. The van der Waals surface area contributed by atoms with Crippen molar-refractivity contribution < 1.29 is 19.8 Å². The lowest BCUT2D eigenvalue weighted by Gasteiger charge is -1.81. The number of aliphatic hydroxyl groups is 1. The van der Waals surface area contributed by atoms with E-state index < -0.39 is 5.97 Å². The van der Waals surface area contributed by atoms with Crippen LogP contribution < -0.4 is 0 Å². The van der Waals surface area contributed by atoms with Crippen molar-refractivity contribution in [2.75, 3.05) is 6.61 Å². The maximum atomic E-state index is 10.2. The Hall–Kier alpha value is -1.41. The van der Waals surface area contributed by atoms with Gasteiger partial charge in [0.05, 0.1) is 6.07 Å². The summed E-state index contributed by atoms with van der Waals surface area (Å²) in [4.78, 5) is 19.8. The highest BCUT2D eigenvalue weighted by Crippen LogP contribution is 1.83. The van der Waals surface area contributed by atoms with Gasteiger partial charge in [0.1, 0.15) is 5.78 Å². The molecule has 0 aromatic carbocycles. The Kier molecular flexibility index (Phi) is 41.4. The molecular formula is C14H29NO4. The summed E-state index contributed by atoms with van der Waals surface area (Å²) in [7, 11) is 0. The van der Waals surface area contributed by atoms with Crippen molar-refractivity contribution in [2.24, 2.45) is 0 Å². The van der Waals surface area contributed by atoms with Crippen LogP contribution in [0.15, 0.2) is 0 Å². The molecule has 0 heterocycles. The zero-order valence-corrected chi connectivity index (χ0v) is 12.9. The van der Waals surface area contributed by atoms with Crippen LogP contribution in [0.25, 0.3) is 0 Å². The fourth-order valence-electron chi connectivity index (χ4n) is 0.464. The number of carboxylic acid groups (broad SMARTS) is 1. The van der Waals surface area contributed by atoms with Crippen molar-refractivity contribution in [1.29, 1.82) is 5.26 Å². The Labute approximate surface area is 117 Å². The molecule has 0 fully saturated rings. The van der Waals surface area contributed by atoms with Gasteiger partial charge >= 0.3 is 5.97 Å². The molecule has 5 nitrogen and oxygen atoms in total. The first-order chi connectivity index (χ1) is 8.91. The van der Waals surface area contributed by atoms with E-state index >= 15 is 0 Å². The lowest BCUT2D eigenvalue weighted by Crippen LogP contribution is -1.90. The molecule has 0 unspecified atom stereocenters. The molecule has 0 aromatic heterocycles. The van der Waals surface area contributed by atoms with Crippen LogP contribution in [0.5, 0.6) is 0 Å². The molecule has 2 N–H and O–H groups in total. The van der Waals surface area contributed by atoms with Gasteiger partial charge < -0.3 is 10.2 Å². The number of hydrogen-bond donors (Lipinski definition) is 2. The number of hydrogen-bond acceptors (Lipinski definition) is 4. The lowest BCUT2D eigenvalue weighted by molar-refractivity contribution is -0.137. The van der Waals surface area contributed by atoms with E-state index in [-0.39, 0.29) is 0 Å². The molecule has 0 radical (unpaired) electrons. The second kappa shape index (κ2) is 30.0. The first kappa shape index (κ1) is 26.2. The molecule has 114 valence electrons. The molecule has 0 aliphatic carbocycles. The van der Waals surface area contributed by atoms with Crippen LogP contribution in [0.3, 0.4) is 0 Å². The molecule has 0 saturated carbocycles. The van der Waals surface area contributed by atoms with E-state index in [9.17, 15) is 9.59 Å². The number of carbonyl (C=O) groups is 2. The van der Waals surface area contributed by atoms with Crippen LogP contribution >= 0.6 is 0 Å². The van der Waals surface area contributed by atoms with Crippen molar-refractivity contribution in [3.05, 3.63) is 0 Å². The van der Waals surface area contributed by atoms with Crippen LogP contribution in [-0.4, -0.2) is 28.6 Å². The van der Waals surface area contributed by atoms with Crippen molar-refractivity contribution in [3.63, 3.8) is 0 Å². The fraction of sp³-hybridized carbons (Fsp3) is 0.786. The Bertz CT molecular complexity index is 214. The highest BCUT2D eigenvalue weighted by molar-refractivity contribution is 5.77. The first-order valence-corrected chi connectivity index (χ1v) is 6.56. The van der Waals surface area contributed by atoms with Gasteiger partial charge in [-0.05, 0) is 12.8 Å². The zero-order chi connectivity index (χ0) is 16.1. The van der Waals surface area contributed by atoms with Gasteiger partial charge in [0, 0.05) is 32.8 Å². The third-order valence-electron chi connectivity index (χ3n) is 1.48. The molecule has 0 aliphatic heterocycles. The SMILES string of the molecule is CC#N.CCC(=O)CC.CCCC(=O)O.CCCO. The average Bonchev–Trinajstić information content (AvgIpc) is 2.39. The fourth-order valence-corrected chi connectivity index (χ4v) is 0.464. The number of aliphatic hydroxyl groups excluding tert-OH is 1. The van der Waals surface area contributed by atoms with E-state index in [4.69, 9.17) is 15.5 Å². The summed E-state index contributed by atoms with van der Waals surface area (Å²) in [6, 6.07) is 1.75. The summed E-state index contributed by atoms with van der Waals surface area (Å²) in [5, 5.41) is 23.1. The van der Waals surface area contributed by atoms with Gasteiger partial charge in [-0.15, -0.1) is 0 Å². The number of aliphatic carboxylic acids is 1. The quantitative estimate of drug-likeness (QED) is 0.803. The van der Waals surface area contributed by atoms with Gasteiger partial charge in [-0.2, -0.15) is 5.26 Å². The second-order valence-electron chi connectivity index (χ2n) is 3.34. The summed E-state index contributed by atoms with van der Waals surface area (Å²) in [6.07, 6.45) is 3.28. The normalized spacial score (nSPS) is 7.21. The number of ketones is 1. The molecule has 0 bridgehead atoms. The molecule has 5 heteroatoms. The van der Waals surface area contributed by atoms with Gasteiger partial charge in [0.25, 0.3) is 0 Å². The standard InChI is InChI=1S/C5H10O.C4H8O2.C3H8O.C2H3N/c1-3-5(6)4-2;1-2-3-4(5)6;1-2-3-4;1-2-3/h3-4H2,1-2H3;2-3H2,1H3,(H,5,6);4H,2-3H2,1H3;1H3. The van der Waals surface area contributed by atoms with Gasteiger partial charge in [-0.3, -0.25) is 9.59 Å². The molecule has 0 amide bonds. The first-order valence-electron chi connectivity index (χ1n) is 6.56. The van der Waals surface area contributed by atoms with E-state index in [1.165, 1.54) is 6.92 Å². The van der Waals surface area contributed by atoms with Crippen LogP contribution in [-0.2, 0) is 9.59 Å². The summed E-state index contributed by atoms with van der Waals surface area (Å²) < 4.78 is 0. The molecule has 0 rings (SSSR count). The predicted molar refractivity (Wildman–Crippen MR) is 76.8 cm³/mol. The van der Waals surface area contributed by atoms with E-state index in [2.05, 4.69) is 0 Å². The second-order valence-corrected chi connectivity index (χ2v) is 3.34. The topological polar surface area (TPSA) is 98.4 Å². The summed E-state index contributed by atoms with van der Waals surface area (Å²) in [5.74, 6) is -0.368. The minimum Gasteiger partial charge on any atom is -0.481 e. The minimum atomic E-state index is -0.711. The summed E-state index contributed by atoms with van der Waals surface area (Å²) in [6.45, 7) is 9.28. The summed E-state index contributed by atoms with van der Waals surface area (Å²) in [5.41, 5.74) is 0. The number of Topliss-reactive ketones (excluding diaryl/α,β-unsaturated/α-hetero) is 1. The third-order valence-corrected chi connectivity index (χ3v) is 1.48. The molecular weight excluding hydrogens is 246 g/mol. The number of rotatable bonds is 5. The van der Waals surface area contributed by atoms with Crippen molar-refractivity contribution in [1.82, 2.24) is 0 Å². The zero-order valence-electron chi connectivity index (χ0n) is 12.9. The van der Waals surface area contributed by atoms with Crippen molar-refractivity contribution >= 4 is 11.8 Å². The van der Waals surface area contributed by atoms with Crippen molar-refractivity contribution in [2.45, 2.75) is 66.7 Å². The smallest absolute Gasteiger partial charge is 0.303 e. The summed E-state index contributed by atoms with van der Waals surface area (Å²) >= 11 is 0. The monoisotopic (exact) mass is 275 g/mol. The molecule has 0 aromatic rings. The Morgan fingerprint density at radius 2 is 1.37 bits per heavy atom. The number of nitriles is 1. The molecule has 0 saturated heterocycles. The van der Waals surface area contributed by atoms with Crippen LogP contribution in [0.2, 0.25) is 0 Å². The average molecular weight is 275 g/mol. The van der Waals surface area contributed by atoms with Gasteiger partial charge in [-0.1, -0.05) is 27.7 Å². The number of carbonyl (C=O) groups excluding carboxylic acids is 1. The van der Waals surface area contributed by atoms with Gasteiger partial charge in [-0.25, -0.2) is 0 Å². The Morgan fingerprint density at radius 1 is 1.05 bits per heavy atom. The number of nitrogens with zero attached hydrogens (tertiary/aromatic N) is 1. The Morgan fingerprint density at radius 3 is 1.37 bits per heavy atom. The third kappa shape index (κ3) is 81.3.